The van der Waals surface area contributed by atoms with E-state index in [0.717, 1.165) is 23.7 Å². The molecule has 1 saturated heterocycles. The van der Waals surface area contributed by atoms with E-state index in [2.05, 4.69) is 22.9 Å². The number of benzene rings is 3. The lowest BCUT2D eigenvalue weighted by atomic mass is 9.98. The Bertz CT molecular complexity index is 1840. The molecule has 0 aliphatic carbocycles. The zero-order chi connectivity index (χ0) is 34.8. The molecule has 0 spiro atoms. The fourth-order valence-electron chi connectivity index (χ4n) is 5.19. The summed E-state index contributed by atoms with van der Waals surface area (Å²) in [6.07, 6.45) is 5.90. The normalized spacial score (nSPS) is 15.4. The number of amides is 2. The lowest BCUT2D eigenvalue weighted by molar-refractivity contribution is -0.142. The third-order valence-electron chi connectivity index (χ3n) is 7.77. The molecule has 5 rings (SSSR count). The van der Waals surface area contributed by atoms with Crippen LogP contribution in [0.4, 0.5) is 0 Å². The minimum atomic E-state index is -4.11. The Hall–Kier alpha value is -4.21. The van der Waals surface area contributed by atoms with Gasteiger partial charge in [-0.15, -0.1) is 24.4 Å². The maximum atomic E-state index is 13.8. The van der Waals surface area contributed by atoms with E-state index in [4.69, 9.17) is 11.6 Å². The van der Waals surface area contributed by atoms with Crippen LogP contribution in [0.1, 0.15) is 29.6 Å². The number of aromatic nitrogens is 1. The number of nitrogens with one attached hydrogen (secondary N) is 1. The molecule has 2 amide bonds. The Morgan fingerprint density at radius 2 is 1.69 bits per heavy atom. The van der Waals surface area contributed by atoms with Crippen LogP contribution in [0.15, 0.2) is 107 Å². The van der Waals surface area contributed by atoms with Gasteiger partial charge in [-0.3, -0.25) is 19.6 Å². The number of rotatable bonds is 11. The Balaban J connectivity index is 0.000000569. The lowest BCUT2D eigenvalue weighted by Gasteiger charge is -2.28. The first-order valence-corrected chi connectivity index (χ1v) is 18.2. The molecule has 1 aliphatic rings. The van der Waals surface area contributed by atoms with Crippen LogP contribution in [0.25, 0.3) is 22.3 Å². The summed E-state index contributed by atoms with van der Waals surface area (Å²) >= 11 is 5.49. The number of hydrogen-bond acceptors (Lipinski definition) is 10. The number of thioether (sulfide) groups is 1. The van der Waals surface area contributed by atoms with E-state index in [-0.39, 0.29) is 27.3 Å². The predicted octanol–water partition coefficient (Wildman–Crippen LogP) is 4.25. The first-order valence-electron chi connectivity index (χ1n) is 14.9. The molecule has 1 fully saturated rings. The highest BCUT2D eigenvalue weighted by molar-refractivity contribution is 8.13. The molecular weight excluding hydrogens is 671 g/mol. The van der Waals surface area contributed by atoms with Crippen molar-refractivity contribution in [2.75, 3.05) is 12.8 Å². The van der Waals surface area contributed by atoms with Crippen LogP contribution in [-0.4, -0.2) is 70.8 Å². The number of nitrogens with two attached hydrogens (primary N) is 2. The van der Waals surface area contributed by atoms with E-state index in [1.165, 1.54) is 6.07 Å². The van der Waals surface area contributed by atoms with Gasteiger partial charge in [-0.05, 0) is 47.6 Å². The van der Waals surface area contributed by atoms with Gasteiger partial charge >= 0.3 is 5.97 Å². The molecular formula is C34H37N5O6S3. The number of nitrogens with zero attached hydrogens (tertiary/aromatic N) is 2. The van der Waals surface area contributed by atoms with Gasteiger partial charge in [-0.1, -0.05) is 66.7 Å². The third kappa shape index (κ3) is 8.62. The van der Waals surface area contributed by atoms with Gasteiger partial charge in [0.05, 0.1) is 4.90 Å². The Morgan fingerprint density at radius 1 is 1.02 bits per heavy atom. The number of thiol groups is 1. The van der Waals surface area contributed by atoms with Crippen LogP contribution >= 0.6 is 24.4 Å². The van der Waals surface area contributed by atoms with E-state index >= 15 is 0 Å². The summed E-state index contributed by atoms with van der Waals surface area (Å²) in [6, 6.07) is 22.8. The first-order chi connectivity index (χ1) is 23.0. The molecule has 1 aliphatic heterocycles. The molecule has 4 aromatic rings. The van der Waals surface area contributed by atoms with Crippen molar-refractivity contribution < 1.29 is 27.9 Å². The summed E-state index contributed by atoms with van der Waals surface area (Å²) in [7, 11) is -4.11. The van der Waals surface area contributed by atoms with E-state index in [9.17, 15) is 27.9 Å². The highest BCUT2D eigenvalue weighted by Gasteiger charge is 2.38. The summed E-state index contributed by atoms with van der Waals surface area (Å²) in [5.41, 5.74) is 8.07. The first kappa shape index (κ1) is 36.6. The number of carbonyl (C=O) groups excluding carboxylic acids is 2. The number of aliphatic carboxylic acids is 1. The summed E-state index contributed by atoms with van der Waals surface area (Å²) in [6.45, 7) is 0.575. The molecule has 0 radical (unpaired) electrons. The van der Waals surface area contributed by atoms with Crippen molar-refractivity contribution in [3.8, 4) is 22.3 Å². The highest BCUT2D eigenvalue weighted by atomic mass is 32.3. The molecule has 0 bridgehead atoms. The fraction of sp³-hybridized carbons (Fsp3) is 0.235. The maximum Gasteiger partial charge on any atom is 0.328 e. The topological polar surface area (TPSA) is 186 Å². The Labute approximate surface area is 289 Å². The second-order valence-corrected chi connectivity index (χ2v) is 14.7. The summed E-state index contributed by atoms with van der Waals surface area (Å²) < 4.78 is 26.4. The minimum Gasteiger partial charge on any atom is -0.480 e. The highest BCUT2D eigenvalue weighted by Crippen LogP contribution is 2.36. The van der Waals surface area contributed by atoms with Gasteiger partial charge in [0.1, 0.15) is 10.6 Å². The van der Waals surface area contributed by atoms with Crippen molar-refractivity contribution in [2.24, 2.45) is 11.6 Å². The number of hydrazine groups is 1. The van der Waals surface area contributed by atoms with Gasteiger partial charge < -0.3 is 16.2 Å². The minimum absolute atomic E-state index is 0.0509. The predicted molar refractivity (Wildman–Crippen MR) is 190 cm³/mol. The molecule has 48 heavy (non-hydrogen) atoms. The van der Waals surface area contributed by atoms with Crippen LogP contribution in [0.2, 0.25) is 0 Å². The van der Waals surface area contributed by atoms with Gasteiger partial charge in [0.25, 0.3) is 5.91 Å². The number of carboxylic acid groups (broad SMARTS) is 1. The maximum absolute atomic E-state index is 13.8. The van der Waals surface area contributed by atoms with E-state index in [1.807, 2.05) is 30.3 Å². The molecule has 3 aromatic carbocycles. The van der Waals surface area contributed by atoms with Crippen molar-refractivity contribution in [2.45, 2.75) is 45.7 Å². The number of pyridine rings is 1. The van der Waals surface area contributed by atoms with Crippen LogP contribution < -0.4 is 16.9 Å². The van der Waals surface area contributed by atoms with Gasteiger partial charge in [-0.25, -0.2) is 19.1 Å². The van der Waals surface area contributed by atoms with Crippen molar-refractivity contribution >= 4 is 52.0 Å². The second kappa shape index (κ2) is 16.8. The summed E-state index contributed by atoms with van der Waals surface area (Å²) in [5, 5.41) is 13.4. The standard InChI is InChI=1S/C29H27N3O5S3.C5H10N2O/c1-39-26(40(36,37)25-15-7-14-22(27(25)38)20-11-8-16-31-18-20)17-24(29(34)35)32(30)28(33)23-13-6-5-12-21(23)19-9-3-2-4-10-19;6-3-4-1-2-5(8)7-4/h2-16,18,24,26,38H,17,30H2,1H3,(H,34,35);4H,1-3,6H2,(H,7,8)/t24-,26?;4-/m00/s1. The molecule has 0 saturated carbocycles. The number of carbonyl (C=O) groups is 3. The quantitative estimate of drug-likeness (QED) is 0.0653. The molecule has 14 heteroatoms. The number of carboxylic acids is 1. The van der Waals surface area contributed by atoms with Crippen LogP contribution in [0, 0.1) is 0 Å². The second-order valence-electron chi connectivity index (χ2n) is 10.9. The van der Waals surface area contributed by atoms with Crippen molar-refractivity contribution in [3.63, 3.8) is 0 Å². The largest absolute Gasteiger partial charge is 0.480 e. The molecule has 1 aromatic heterocycles. The third-order valence-corrected chi connectivity index (χ3v) is 12.3. The van der Waals surface area contributed by atoms with E-state index in [1.54, 1.807) is 67.2 Å². The molecule has 252 valence electrons. The molecule has 6 N–H and O–H groups in total. The van der Waals surface area contributed by atoms with Gasteiger partial charge in [0.15, 0.2) is 9.84 Å². The molecule has 11 nitrogen and oxygen atoms in total. The molecule has 1 unspecified atom stereocenters. The SMILES string of the molecule is CSC(C[C@@H](C(=O)O)N(N)C(=O)c1ccccc1-c1ccccc1)S(=O)(=O)c1cccc(-c2cccnc2)c1S.NC[C@@H]1CCC(=O)N1. The zero-order valence-corrected chi connectivity index (χ0v) is 28.6. The molecule has 2 heterocycles. The van der Waals surface area contributed by atoms with Crippen LogP contribution in [0.5, 0.6) is 0 Å². The van der Waals surface area contributed by atoms with Gasteiger partial charge in [-0.2, -0.15) is 0 Å². The van der Waals surface area contributed by atoms with E-state index in [0.29, 0.717) is 34.7 Å². The van der Waals surface area contributed by atoms with Gasteiger partial charge in [0.2, 0.25) is 5.91 Å². The van der Waals surface area contributed by atoms with Gasteiger partial charge in [0, 0.05) is 53.8 Å². The lowest BCUT2D eigenvalue weighted by Crippen LogP contribution is -2.51. The van der Waals surface area contributed by atoms with Crippen molar-refractivity contribution in [1.29, 1.82) is 0 Å². The van der Waals surface area contributed by atoms with Crippen LogP contribution in [-0.2, 0) is 19.4 Å². The van der Waals surface area contributed by atoms with E-state index < -0.39 is 38.8 Å². The summed E-state index contributed by atoms with van der Waals surface area (Å²) in [5.74, 6) is 4.12. The fourth-order valence-corrected chi connectivity index (χ4v) is 8.91. The number of sulfone groups is 1. The number of hydrogen-bond donors (Lipinski definition) is 5. The Kier molecular flexibility index (Phi) is 12.8. The van der Waals surface area contributed by atoms with Crippen molar-refractivity contribution in [1.82, 2.24) is 15.3 Å². The smallest absolute Gasteiger partial charge is 0.328 e. The average molecular weight is 708 g/mol. The Morgan fingerprint density at radius 3 is 2.27 bits per heavy atom. The molecule has 3 atom stereocenters. The monoisotopic (exact) mass is 707 g/mol. The average Bonchev–Trinajstić information content (AvgIpc) is 3.54. The van der Waals surface area contributed by atoms with Crippen LogP contribution in [0.3, 0.4) is 0 Å². The summed E-state index contributed by atoms with van der Waals surface area (Å²) in [4.78, 5) is 40.5. The zero-order valence-electron chi connectivity index (χ0n) is 26.1. The van der Waals surface area contributed by atoms with Crippen molar-refractivity contribution in [3.05, 3.63) is 103 Å².